The third-order valence-electron chi connectivity index (χ3n) is 7.99. The van der Waals surface area contributed by atoms with Crippen molar-refractivity contribution in [1.29, 1.82) is 0 Å². The number of benzene rings is 4. The molecule has 0 spiro atoms. The molecule has 1 aliphatic heterocycles. The van der Waals surface area contributed by atoms with E-state index in [1.807, 2.05) is 13.8 Å². The van der Waals surface area contributed by atoms with E-state index < -0.39 is 50.2 Å². The lowest BCUT2D eigenvalue weighted by Crippen LogP contribution is -2.55. The fourth-order valence-corrected chi connectivity index (χ4v) is 6.17. The summed E-state index contributed by atoms with van der Waals surface area (Å²) in [7, 11) is -7.93. The summed E-state index contributed by atoms with van der Waals surface area (Å²) in [6, 6.07) is 23.6. The highest BCUT2D eigenvalue weighted by atomic mass is 32.2. The predicted octanol–water partition coefficient (Wildman–Crippen LogP) is 6.02. The summed E-state index contributed by atoms with van der Waals surface area (Å²) in [5.74, 6) is 0. The van der Waals surface area contributed by atoms with Gasteiger partial charge in [0.25, 0.3) is 5.72 Å². The Morgan fingerprint density at radius 3 is 1.53 bits per heavy atom. The molecule has 19 heteroatoms. The van der Waals surface area contributed by atoms with Gasteiger partial charge in [-0.3, -0.25) is 0 Å². The van der Waals surface area contributed by atoms with Crippen LogP contribution in [0.25, 0.3) is 16.9 Å². The standard InChI is InChI=1S/C17H16F3N3O3S.C17H14F3N3O2S/c1-11-2-4-12(5-3-11)15-10-16(24,17(18,19)20)23(22-15)13-6-8-14(9-7-13)27(21,25)26;1-11-2-4-12(5-3-11)15-10-16(17(18,19)20)23(22-15)13-6-8-14(9-7-13)26(21,24)25/h2-9,24H,10H2,1H3,(H2,21,25,26);2-10H,1H3,(H2,21,24,25). The Hall–Kier alpha value is -5.08. The van der Waals surface area contributed by atoms with Gasteiger partial charge in [0.1, 0.15) is 5.69 Å². The van der Waals surface area contributed by atoms with Gasteiger partial charge in [-0.2, -0.15) is 36.5 Å². The number of aryl methyl sites for hydroxylation is 2. The second kappa shape index (κ2) is 14.0. The molecule has 0 fully saturated rings. The molecule has 11 nitrogen and oxygen atoms in total. The first-order chi connectivity index (χ1) is 24.5. The number of nitrogens with zero attached hydrogens (tertiary/aromatic N) is 4. The molecule has 280 valence electrons. The quantitative estimate of drug-likeness (QED) is 0.177. The summed E-state index contributed by atoms with van der Waals surface area (Å²) < 4.78 is 127. The Kier molecular flexibility index (Phi) is 10.4. The van der Waals surface area contributed by atoms with Crippen molar-refractivity contribution < 1.29 is 48.3 Å². The van der Waals surface area contributed by atoms with Crippen molar-refractivity contribution in [2.75, 3.05) is 5.01 Å². The third-order valence-corrected chi connectivity index (χ3v) is 9.85. The van der Waals surface area contributed by atoms with Crippen LogP contribution in [-0.4, -0.2) is 49.3 Å². The number of aromatic nitrogens is 2. The van der Waals surface area contributed by atoms with Crippen LogP contribution < -0.4 is 15.3 Å². The number of rotatable bonds is 6. The van der Waals surface area contributed by atoms with Crippen LogP contribution in [0.4, 0.5) is 32.0 Å². The number of alkyl halides is 6. The van der Waals surface area contributed by atoms with E-state index in [2.05, 4.69) is 10.2 Å². The Balaban J connectivity index is 0.000000204. The average Bonchev–Trinajstić information content (AvgIpc) is 3.68. The fourth-order valence-electron chi connectivity index (χ4n) is 5.14. The number of halogens is 6. The largest absolute Gasteiger partial charge is 0.438 e. The maximum Gasteiger partial charge on any atom is 0.438 e. The molecule has 6 rings (SSSR count). The van der Waals surface area contributed by atoms with Crippen LogP contribution in [0.1, 0.15) is 28.8 Å². The molecule has 0 saturated heterocycles. The maximum absolute atomic E-state index is 13.6. The minimum absolute atomic E-state index is 0.0605. The van der Waals surface area contributed by atoms with Crippen LogP contribution in [0, 0.1) is 13.8 Å². The van der Waals surface area contributed by atoms with Crippen LogP contribution in [0.3, 0.4) is 0 Å². The van der Waals surface area contributed by atoms with Gasteiger partial charge in [0.05, 0.1) is 39.0 Å². The van der Waals surface area contributed by atoms with Crippen LogP contribution in [-0.2, 0) is 26.2 Å². The molecule has 4 aromatic carbocycles. The molecule has 53 heavy (non-hydrogen) atoms. The minimum atomic E-state index is -5.00. The average molecular weight is 781 g/mol. The number of sulfonamides is 2. The Labute approximate surface area is 299 Å². The minimum Gasteiger partial charge on any atom is -0.362 e. The molecular formula is C34H30F6N6O5S2. The lowest BCUT2D eigenvalue weighted by molar-refractivity contribution is -0.254. The first-order valence-electron chi connectivity index (χ1n) is 15.2. The van der Waals surface area contributed by atoms with Gasteiger partial charge in [-0.25, -0.2) is 36.8 Å². The number of anilines is 1. The monoisotopic (exact) mass is 780 g/mol. The molecule has 5 N–H and O–H groups in total. The van der Waals surface area contributed by atoms with Gasteiger partial charge in [-0.1, -0.05) is 59.7 Å². The van der Waals surface area contributed by atoms with Crippen LogP contribution in [0.15, 0.2) is 118 Å². The molecule has 0 amide bonds. The van der Waals surface area contributed by atoms with E-state index >= 15 is 0 Å². The molecule has 0 radical (unpaired) electrons. The molecule has 0 aliphatic carbocycles. The van der Waals surface area contributed by atoms with Crippen LogP contribution >= 0.6 is 0 Å². The molecule has 0 saturated carbocycles. The van der Waals surface area contributed by atoms with E-state index in [0.717, 1.165) is 58.3 Å². The van der Waals surface area contributed by atoms with E-state index in [9.17, 15) is 48.3 Å². The Morgan fingerprint density at radius 2 is 1.11 bits per heavy atom. The van der Waals surface area contributed by atoms with Gasteiger partial charge in [-0.15, -0.1) is 0 Å². The highest BCUT2D eigenvalue weighted by molar-refractivity contribution is 7.89. The lowest BCUT2D eigenvalue weighted by atomic mass is 10.00. The van der Waals surface area contributed by atoms with E-state index in [0.29, 0.717) is 16.1 Å². The second-order valence-electron chi connectivity index (χ2n) is 12.0. The zero-order chi connectivity index (χ0) is 39.1. The van der Waals surface area contributed by atoms with Gasteiger partial charge >= 0.3 is 12.4 Å². The van der Waals surface area contributed by atoms with E-state index in [4.69, 9.17) is 10.3 Å². The summed E-state index contributed by atoms with van der Waals surface area (Å²) in [6.45, 7) is 3.71. The number of hydrogen-bond acceptors (Lipinski definition) is 8. The highest BCUT2D eigenvalue weighted by Crippen LogP contribution is 2.44. The molecule has 1 aliphatic rings. The van der Waals surface area contributed by atoms with Crippen molar-refractivity contribution in [3.05, 3.63) is 126 Å². The summed E-state index contributed by atoms with van der Waals surface area (Å²) in [5, 5.41) is 28.9. The number of hydrazone groups is 1. The normalized spacial score (nSPS) is 16.6. The van der Waals surface area contributed by atoms with Crippen molar-refractivity contribution in [3.63, 3.8) is 0 Å². The van der Waals surface area contributed by atoms with E-state index in [1.165, 1.54) is 12.1 Å². The molecule has 1 aromatic heterocycles. The van der Waals surface area contributed by atoms with Gasteiger partial charge in [0, 0.05) is 5.56 Å². The fraction of sp³-hybridized carbons (Fsp3) is 0.176. The van der Waals surface area contributed by atoms with Crippen LogP contribution in [0.5, 0.6) is 0 Å². The highest BCUT2D eigenvalue weighted by Gasteiger charge is 2.62. The zero-order valence-electron chi connectivity index (χ0n) is 27.6. The summed E-state index contributed by atoms with van der Waals surface area (Å²) in [6.07, 6.45) is -10.4. The predicted molar refractivity (Wildman–Crippen MR) is 184 cm³/mol. The van der Waals surface area contributed by atoms with Gasteiger partial charge in [-0.05, 0) is 74.0 Å². The Bertz CT molecular complexity index is 2360. The van der Waals surface area contributed by atoms with Crippen molar-refractivity contribution in [1.82, 2.24) is 9.78 Å². The molecule has 0 bridgehead atoms. The third kappa shape index (κ3) is 8.60. The van der Waals surface area contributed by atoms with Crippen molar-refractivity contribution >= 4 is 31.4 Å². The zero-order valence-corrected chi connectivity index (χ0v) is 29.3. The lowest BCUT2D eigenvalue weighted by Gasteiger charge is -2.34. The first-order valence-corrected chi connectivity index (χ1v) is 18.3. The van der Waals surface area contributed by atoms with Gasteiger partial charge in [0.15, 0.2) is 0 Å². The molecule has 5 aromatic rings. The van der Waals surface area contributed by atoms with Crippen molar-refractivity contribution in [2.24, 2.45) is 15.4 Å². The van der Waals surface area contributed by atoms with Gasteiger partial charge < -0.3 is 5.11 Å². The first kappa shape index (κ1) is 39.1. The number of nitrogens with two attached hydrogens (primary N) is 2. The summed E-state index contributed by atoms with van der Waals surface area (Å²) in [5.41, 5.74) is -1.15. The topological polar surface area (TPSA) is 174 Å². The van der Waals surface area contributed by atoms with Crippen LogP contribution in [0.2, 0.25) is 0 Å². The number of primary sulfonamides is 2. The van der Waals surface area contributed by atoms with Gasteiger partial charge in [0.2, 0.25) is 20.0 Å². The smallest absolute Gasteiger partial charge is 0.362 e. The van der Waals surface area contributed by atoms with E-state index in [1.54, 1.807) is 48.5 Å². The summed E-state index contributed by atoms with van der Waals surface area (Å²) >= 11 is 0. The second-order valence-corrected chi connectivity index (χ2v) is 15.1. The number of aliphatic hydroxyl groups is 1. The molecule has 1 atom stereocenters. The number of hydrogen-bond donors (Lipinski definition) is 3. The van der Waals surface area contributed by atoms with Crippen molar-refractivity contribution in [3.8, 4) is 16.9 Å². The van der Waals surface area contributed by atoms with E-state index in [-0.39, 0.29) is 32.6 Å². The molecule has 1 unspecified atom stereocenters. The maximum atomic E-state index is 13.6. The van der Waals surface area contributed by atoms with Crippen molar-refractivity contribution in [2.45, 2.75) is 48.1 Å². The molecule has 2 heterocycles. The molecular weight excluding hydrogens is 751 g/mol. The summed E-state index contributed by atoms with van der Waals surface area (Å²) in [4.78, 5) is -0.454. The SMILES string of the molecule is Cc1ccc(-c2cc(C(F)(F)F)n(-c3ccc(S(N)(=O)=O)cc3)n2)cc1.Cc1ccc(C2=NN(c3ccc(S(N)(=O)=O)cc3)C(O)(C(F)(F)F)C2)cc1. The Morgan fingerprint density at radius 1 is 0.679 bits per heavy atom.